The molecule has 39 heavy (non-hydrogen) atoms. The second-order valence-corrected chi connectivity index (χ2v) is 11.9. The Hall–Kier alpha value is -3.87. The summed E-state index contributed by atoms with van der Waals surface area (Å²) in [5.74, 6) is 0.00400. The van der Waals surface area contributed by atoms with Gasteiger partial charge in [0.25, 0.3) is 0 Å². The second kappa shape index (κ2) is 11.9. The SMILES string of the molecule is C=CC(C)(C)c1cc(C=C(OC)C(=O)c2ccc(OC(=O)C(C)(C)C)cc2)c(OC)cc1OC(=O)C(C)(C)C. The Morgan fingerprint density at radius 1 is 0.769 bits per heavy atom. The molecule has 7 nitrogen and oxygen atoms in total. The van der Waals surface area contributed by atoms with Gasteiger partial charge >= 0.3 is 11.9 Å². The van der Waals surface area contributed by atoms with Gasteiger partial charge < -0.3 is 18.9 Å². The van der Waals surface area contributed by atoms with Gasteiger partial charge in [-0.25, -0.2) is 0 Å². The zero-order valence-electron chi connectivity index (χ0n) is 24.7. The van der Waals surface area contributed by atoms with E-state index in [1.54, 1.807) is 90.1 Å². The lowest BCUT2D eigenvalue weighted by Gasteiger charge is -2.26. The highest BCUT2D eigenvalue weighted by atomic mass is 16.5. The number of ether oxygens (including phenoxy) is 4. The fourth-order valence-electron chi connectivity index (χ4n) is 3.25. The van der Waals surface area contributed by atoms with Gasteiger partial charge in [0.05, 0.1) is 25.0 Å². The standard InChI is InChI=1S/C32H40O7/c1-12-32(8,9)23-17-21(24(36-10)19-25(23)39-29(35)31(5,6)7)18-26(37-11)27(33)20-13-15-22(16-14-20)38-28(34)30(2,3)4/h12-19H,1H2,2-11H3. The maximum Gasteiger partial charge on any atom is 0.316 e. The molecule has 0 fully saturated rings. The predicted octanol–water partition coefficient (Wildman–Crippen LogP) is 6.93. The number of Topliss-reactive ketones (excluding diaryl/α,β-unsaturated/α-hetero) is 1. The van der Waals surface area contributed by atoms with Gasteiger partial charge in [0.15, 0.2) is 5.76 Å². The number of hydrogen-bond donors (Lipinski definition) is 0. The molecule has 2 rings (SSSR count). The van der Waals surface area contributed by atoms with Crippen molar-refractivity contribution < 1.29 is 33.3 Å². The molecule has 0 aromatic heterocycles. The maximum atomic E-state index is 13.3. The van der Waals surface area contributed by atoms with Gasteiger partial charge in [-0.15, -0.1) is 6.58 Å². The lowest BCUT2D eigenvalue weighted by molar-refractivity contribution is -0.143. The highest BCUT2D eigenvalue weighted by Crippen LogP contribution is 2.39. The van der Waals surface area contributed by atoms with Crippen LogP contribution in [0.4, 0.5) is 0 Å². The lowest BCUT2D eigenvalue weighted by Crippen LogP contribution is -2.27. The minimum Gasteiger partial charge on any atom is -0.496 e. The molecule has 0 spiro atoms. The molecule has 0 aliphatic heterocycles. The van der Waals surface area contributed by atoms with Crippen molar-refractivity contribution in [1.82, 2.24) is 0 Å². The van der Waals surface area contributed by atoms with Crippen molar-refractivity contribution in [3.05, 3.63) is 71.5 Å². The van der Waals surface area contributed by atoms with E-state index in [9.17, 15) is 14.4 Å². The van der Waals surface area contributed by atoms with E-state index in [-0.39, 0.29) is 17.5 Å². The second-order valence-electron chi connectivity index (χ2n) is 11.9. The summed E-state index contributed by atoms with van der Waals surface area (Å²) in [7, 11) is 2.90. The topological polar surface area (TPSA) is 88.1 Å². The minimum atomic E-state index is -0.711. The Balaban J connectivity index is 2.53. The van der Waals surface area contributed by atoms with Crippen molar-refractivity contribution in [2.75, 3.05) is 14.2 Å². The number of hydrogen-bond acceptors (Lipinski definition) is 7. The molecule has 0 saturated carbocycles. The van der Waals surface area contributed by atoms with Crippen LogP contribution in [0.25, 0.3) is 6.08 Å². The van der Waals surface area contributed by atoms with Gasteiger partial charge in [0.2, 0.25) is 5.78 Å². The fraction of sp³-hybridized carbons (Fsp3) is 0.406. The summed E-state index contributed by atoms with van der Waals surface area (Å²) >= 11 is 0. The minimum absolute atomic E-state index is 0.0644. The molecule has 0 radical (unpaired) electrons. The van der Waals surface area contributed by atoms with Crippen LogP contribution in [0.1, 0.15) is 76.9 Å². The third-order valence-corrected chi connectivity index (χ3v) is 6.02. The average molecular weight is 537 g/mol. The molecule has 0 saturated heterocycles. The zero-order chi connectivity index (χ0) is 29.8. The third-order valence-electron chi connectivity index (χ3n) is 6.02. The van der Waals surface area contributed by atoms with Crippen molar-refractivity contribution >= 4 is 23.8 Å². The monoisotopic (exact) mass is 536 g/mol. The molecule has 0 aliphatic carbocycles. The molecule has 0 amide bonds. The van der Waals surface area contributed by atoms with E-state index in [0.717, 1.165) is 0 Å². The Kier molecular flexibility index (Phi) is 9.56. The van der Waals surface area contributed by atoms with Crippen molar-refractivity contribution in [2.45, 2.75) is 60.8 Å². The highest BCUT2D eigenvalue weighted by molar-refractivity contribution is 6.10. The number of benzene rings is 2. The van der Waals surface area contributed by atoms with Crippen molar-refractivity contribution in [2.24, 2.45) is 10.8 Å². The molecule has 210 valence electrons. The van der Waals surface area contributed by atoms with E-state index in [1.165, 1.54) is 14.2 Å². The largest absolute Gasteiger partial charge is 0.496 e. The van der Waals surface area contributed by atoms with Gasteiger partial charge in [-0.3, -0.25) is 14.4 Å². The van der Waals surface area contributed by atoms with E-state index in [4.69, 9.17) is 18.9 Å². The third kappa shape index (κ3) is 7.82. The molecular formula is C32H40O7. The molecular weight excluding hydrogens is 496 g/mol. The van der Waals surface area contributed by atoms with Crippen LogP contribution < -0.4 is 14.2 Å². The first-order valence-electron chi connectivity index (χ1n) is 12.7. The summed E-state index contributed by atoms with van der Waals surface area (Å²) in [6, 6.07) is 9.69. The molecule has 7 heteroatoms. The molecule has 0 unspecified atom stereocenters. The van der Waals surface area contributed by atoms with Crippen molar-refractivity contribution in [3.8, 4) is 17.2 Å². The number of carbonyl (C=O) groups is 3. The first kappa shape index (κ1) is 31.3. The van der Waals surface area contributed by atoms with Gasteiger partial charge in [-0.05, 0) is 78.0 Å². The van der Waals surface area contributed by atoms with Gasteiger partial charge in [0.1, 0.15) is 17.2 Å². The number of methoxy groups -OCH3 is 2. The summed E-state index contributed by atoms with van der Waals surface area (Å²) in [4.78, 5) is 38.2. The normalized spacial score (nSPS) is 12.4. The fourth-order valence-corrected chi connectivity index (χ4v) is 3.25. The van der Waals surface area contributed by atoms with E-state index in [0.29, 0.717) is 33.9 Å². The van der Waals surface area contributed by atoms with Crippen LogP contribution in [-0.2, 0) is 19.7 Å². The molecule has 0 bridgehead atoms. The Morgan fingerprint density at radius 3 is 1.77 bits per heavy atom. The van der Waals surface area contributed by atoms with Crippen LogP contribution >= 0.6 is 0 Å². The van der Waals surface area contributed by atoms with Crippen LogP contribution in [0.5, 0.6) is 17.2 Å². The van der Waals surface area contributed by atoms with Crippen molar-refractivity contribution in [3.63, 3.8) is 0 Å². The summed E-state index contributed by atoms with van der Waals surface area (Å²) in [5.41, 5.74) is -0.342. The smallest absolute Gasteiger partial charge is 0.316 e. The van der Waals surface area contributed by atoms with Crippen LogP contribution in [0, 0.1) is 10.8 Å². The quantitative estimate of drug-likeness (QED) is 0.0857. The molecule has 2 aromatic rings. The summed E-state index contributed by atoms with van der Waals surface area (Å²) in [6.45, 7) is 18.4. The Labute approximate surface area is 231 Å². The first-order chi connectivity index (χ1) is 17.9. The van der Waals surface area contributed by atoms with Gasteiger partial charge in [0, 0.05) is 28.2 Å². The summed E-state index contributed by atoms with van der Waals surface area (Å²) in [6.07, 6.45) is 3.33. The molecule has 0 heterocycles. The van der Waals surface area contributed by atoms with Crippen LogP contribution in [-0.4, -0.2) is 31.9 Å². The van der Waals surface area contributed by atoms with Gasteiger partial charge in [-0.2, -0.15) is 0 Å². The number of carbonyl (C=O) groups excluding carboxylic acids is 3. The first-order valence-corrected chi connectivity index (χ1v) is 12.7. The zero-order valence-corrected chi connectivity index (χ0v) is 24.7. The van der Waals surface area contributed by atoms with Crippen molar-refractivity contribution in [1.29, 1.82) is 0 Å². The average Bonchev–Trinajstić information content (AvgIpc) is 2.86. The number of esters is 2. The van der Waals surface area contributed by atoms with Crippen LogP contribution in [0.15, 0.2) is 54.8 Å². The van der Waals surface area contributed by atoms with Gasteiger partial charge in [-0.1, -0.05) is 19.9 Å². The lowest BCUT2D eigenvalue weighted by atomic mass is 9.83. The highest BCUT2D eigenvalue weighted by Gasteiger charge is 2.29. The van der Waals surface area contributed by atoms with Crippen LogP contribution in [0.2, 0.25) is 0 Å². The van der Waals surface area contributed by atoms with E-state index < -0.39 is 22.2 Å². The van der Waals surface area contributed by atoms with E-state index >= 15 is 0 Å². The Morgan fingerprint density at radius 2 is 1.31 bits per heavy atom. The predicted molar refractivity (Wildman–Crippen MR) is 152 cm³/mol. The number of ketones is 1. The number of rotatable bonds is 9. The molecule has 0 aliphatic rings. The van der Waals surface area contributed by atoms with Crippen LogP contribution in [0.3, 0.4) is 0 Å². The molecule has 0 atom stereocenters. The summed E-state index contributed by atoms with van der Waals surface area (Å²) < 4.78 is 22.2. The summed E-state index contributed by atoms with van der Waals surface area (Å²) in [5, 5.41) is 0. The van der Waals surface area contributed by atoms with E-state index in [2.05, 4.69) is 6.58 Å². The number of allylic oxidation sites excluding steroid dienone is 2. The maximum absolute atomic E-state index is 13.3. The van der Waals surface area contributed by atoms with E-state index in [1.807, 2.05) is 13.8 Å². The molecule has 2 aromatic carbocycles. The Bertz CT molecular complexity index is 1270. The molecule has 0 N–H and O–H groups in total.